The van der Waals surface area contributed by atoms with E-state index in [2.05, 4.69) is 16.0 Å². The van der Waals surface area contributed by atoms with E-state index in [-0.39, 0.29) is 18.5 Å². The number of aryl methyl sites for hydroxylation is 1. The minimum atomic E-state index is -0.347. The number of rotatable bonds is 6. The first-order chi connectivity index (χ1) is 14.0. The van der Waals surface area contributed by atoms with E-state index in [1.54, 1.807) is 54.6 Å². The van der Waals surface area contributed by atoms with Crippen LogP contribution >= 0.6 is 11.6 Å². The zero-order chi connectivity index (χ0) is 20.6. The summed E-state index contributed by atoms with van der Waals surface area (Å²) < 4.78 is 5.52. The van der Waals surface area contributed by atoms with E-state index in [9.17, 15) is 9.59 Å². The number of ether oxygens (including phenoxy) is 1. The lowest BCUT2D eigenvalue weighted by atomic mass is 10.2. The van der Waals surface area contributed by atoms with Gasteiger partial charge in [-0.05, 0) is 67.1 Å². The Balaban J connectivity index is 1.48. The van der Waals surface area contributed by atoms with Crippen molar-refractivity contribution in [3.8, 4) is 5.75 Å². The highest BCUT2D eigenvalue weighted by molar-refractivity contribution is 6.30. The van der Waals surface area contributed by atoms with Crippen LogP contribution in [0.3, 0.4) is 0 Å². The summed E-state index contributed by atoms with van der Waals surface area (Å²) >= 11 is 5.91. The number of nitrogens with one attached hydrogen (secondary N) is 3. The predicted octanol–water partition coefficient (Wildman–Crippen LogP) is 5.31. The number of hydrogen-bond donors (Lipinski definition) is 3. The minimum Gasteiger partial charge on any atom is -0.483 e. The Labute approximate surface area is 173 Å². The number of urea groups is 1. The molecule has 0 heterocycles. The van der Waals surface area contributed by atoms with Crippen molar-refractivity contribution in [1.82, 2.24) is 0 Å². The van der Waals surface area contributed by atoms with Gasteiger partial charge in [0.25, 0.3) is 5.91 Å². The van der Waals surface area contributed by atoms with Crippen LogP contribution in [0, 0.1) is 6.92 Å². The van der Waals surface area contributed by atoms with Gasteiger partial charge >= 0.3 is 6.03 Å². The molecule has 6 nitrogen and oxygen atoms in total. The third-order valence-corrected chi connectivity index (χ3v) is 4.19. The van der Waals surface area contributed by atoms with Crippen molar-refractivity contribution < 1.29 is 14.3 Å². The van der Waals surface area contributed by atoms with Gasteiger partial charge in [-0.15, -0.1) is 0 Å². The SMILES string of the molecule is Cc1cc(Cl)ccc1OCC(=O)Nc1ccc(NC(=O)Nc2ccccc2)cc1. The Kier molecular flexibility index (Phi) is 6.71. The molecule has 0 aliphatic carbocycles. The van der Waals surface area contributed by atoms with Gasteiger partial charge in [0.1, 0.15) is 5.75 Å². The van der Waals surface area contributed by atoms with Crippen molar-refractivity contribution in [2.45, 2.75) is 6.92 Å². The summed E-state index contributed by atoms with van der Waals surface area (Å²) in [4.78, 5) is 24.1. The van der Waals surface area contributed by atoms with E-state index >= 15 is 0 Å². The molecular formula is C22H20ClN3O3. The van der Waals surface area contributed by atoms with Gasteiger partial charge in [0.15, 0.2) is 6.61 Å². The van der Waals surface area contributed by atoms with E-state index < -0.39 is 0 Å². The van der Waals surface area contributed by atoms with E-state index in [1.807, 2.05) is 25.1 Å². The van der Waals surface area contributed by atoms with Crippen LogP contribution in [0.2, 0.25) is 5.02 Å². The molecule has 3 aromatic rings. The van der Waals surface area contributed by atoms with Gasteiger partial charge in [0.2, 0.25) is 0 Å². The van der Waals surface area contributed by atoms with Crippen LogP contribution in [-0.2, 0) is 4.79 Å². The Morgan fingerprint density at radius 3 is 2.03 bits per heavy atom. The van der Waals surface area contributed by atoms with Gasteiger partial charge in [0.05, 0.1) is 0 Å². The topological polar surface area (TPSA) is 79.5 Å². The smallest absolute Gasteiger partial charge is 0.323 e. The molecule has 0 aliphatic rings. The van der Waals surface area contributed by atoms with Crippen LogP contribution in [0.4, 0.5) is 21.9 Å². The van der Waals surface area contributed by atoms with Crippen LogP contribution in [-0.4, -0.2) is 18.5 Å². The summed E-state index contributed by atoms with van der Waals surface area (Å²) in [5.41, 5.74) is 2.75. The normalized spacial score (nSPS) is 10.1. The van der Waals surface area contributed by atoms with E-state index in [0.29, 0.717) is 27.8 Å². The first-order valence-electron chi connectivity index (χ1n) is 8.91. The standard InChI is InChI=1S/C22H20ClN3O3/c1-15-13-16(23)7-12-20(15)29-14-21(27)24-18-8-10-19(11-9-18)26-22(28)25-17-5-3-2-4-6-17/h2-13H,14H2,1H3,(H,24,27)(H2,25,26,28). The average Bonchev–Trinajstić information content (AvgIpc) is 2.69. The van der Waals surface area contributed by atoms with E-state index in [4.69, 9.17) is 16.3 Å². The van der Waals surface area contributed by atoms with Gasteiger partial charge in [-0.1, -0.05) is 29.8 Å². The molecule has 0 saturated heterocycles. The van der Waals surface area contributed by atoms with Gasteiger partial charge in [-0.25, -0.2) is 4.79 Å². The fourth-order valence-corrected chi connectivity index (χ4v) is 2.79. The lowest BCUT2D eigenvalue weighted by molar-refractivity contribution is -0.118. The highest BCUT2D eigenvalue weighted by Gasteiger charge is 2.07. The first kappa shape index (κ1) is 20.2. The lowest BCUT2D eigenvalue weighted by Crippen LogP contribution is -2.21. The molecule has 148 valence electrons. The van der Waals surface area contributed by atoms with Gasteiger partial charge < -0.3 is 20.7 Å². The average molecular weight is 410 g/mol. The van der Waals surface area contributed by atoms with Crippen molar-refractivity contribution >= 4 is 40.6 Å². The third-order valence-electron chi connectivity index (χ3n) is 3.95. The Morgan fingerprint density at radius 2 is 1.41 bits per heavy atom. The molecule has 0 fully saturated rings. The zero-order valence-corrected chi connectivity index (χ0v) is 16.5. The highest BCUT2D eigenvalue weighted by atomic mass is 35.5. The first-order valence-corrected chi connectivity index (χ1v) is 9.29. The summed E-state index contributed by atoms with van der Waals surface area (Å²) in [6.07, 6.45) is 0. The summed E-state index contributed by atoms with van der Waals surface area (Å²) in [5, 5.41) is 8.82. The molecular weight excluding hydrogens is 390 g/mol. The van der Waals surface area contributed by atoms with E-state index in [1.165, 1.54) is 0 Å². The van der Waals surface area contributed by atoms with Crippen LogP contribution < -0.4 is 20.7 Å². The van der Waals surface area contributed by atoms with Crippen molar-refractivity contribution in [3.05, 3.63) is 83.4 Å². The fourth-order valence-electron chi connectivity index (χ4n) is 2.57. The Morgan fingerprint density at radius 1 is 0.828 bits per heavy atom. The second-order valence-corrected chi connectivity index (χ2v) is 6.71. The molecule has 29 heavy (non-hydrogen) atoms. The number of carbonyl (C=O) groups excluding carboxylic acids is 2. The number of para-hydroxylation sites is 1. The minimum absolute atomic E-state index is 0.123. The van der Waals surface area contributed by atoms with Crippen molar-refractivity contribution in [2.24, 2.45) is 0 Å². The molecule has 0 saturated carbocycles. The molecule has 3 amide bonds. The summed E-state index contributed by atoms with van der Waals surface area (Å²) in [6, 6.07) is 20.8. The quantitative estimate of drug-likeness (QED) is 0.516. The molecule has 0 aromatic heterocycles. The Bertz CT molecular complexity index is 992. The second-order valence-electron chi connectivity index (χ2n) is 6.27. The highest BCUT2D eigenvalue weighted by Crippen LogP contribution is 2.22. The molecule has 3 N–H and O–H groups in total. The van der Waals surface area contributed by atoms with Gasteiger partial charge in [-0.3, -0.25) is 4.79 Å². The van der Waals surface area contributed by atoms with Crippen molar-refractivity contribution in [2.75, 3.05) is 22.6 Å². The molecule has 7 heteroatoms. The van der Waals surface area contributed by atoms with Crippen molar-refractivity contribution in [3.63, 3.8) is 0 Å². The van der Waals surface area contributed by atoms with Crippen LogP contribution in [0.25, 0.3) is 0 Å². The molecule has 0 aliphatic heterocycles. The number of halogens is 1. The zero-order valence-electron chi connectivity index (χ0n) is 15.7. The number of anilines is 3. The number of hydrogen-bond acceptors (Lipinski definition) is 3. The summed E-state index contributed by atoms with van der Waals surface area (Å²) in [6.45, 7) is 1.74. The number of amides is 3. The number of benzene rings is 3. The maximum Gasteiger partial charge on any atom is 0.323 e. The fraction of sp³-hybridized carbons (Fsp3) is 0.0909. The molecule has 0 unspecified atom stereocenters. The predicted molar refractivity (Wildman–Crippen MR) is 116 cm³/mol. The molecule has 0 atom stereocenters. The maximum atomic E-state index is 12.1. The molecule has 0 radical (unpaired) electrons. The van der Waals surface area contributed by atoms with Crippen molar-refractivity contribution in [1.29, 1.82) is 0 Å². The maximum absolute atomic E-state index is 12.1. The van der Waals surface area contributed by atoms with Gasteiger partial charge in [0, 0.05) is 22.1 Å². The van der Waals surface area contributed by atoms with E-state index in [0.717, 1.165) is 5.56 Å². The molecule has 0 spiro atoms. The molecule has 3 rings (SSSR count). The van der Waals surface area contributed by atoms with Crippen LogP contribution in [0.1, 0.15) is 5.56 Å². The second kappa shape index (κ2) is 9.61. The van der Waals surface area contributed by atoms with Crippen LogP contribution in [0.5, 0.6) is 5.75 Å². The third kappa shape index (κ3) is 6.26. The largest absolute Gasteiger partial charge is 0.483 e. The molecule has 3 aromatic carbocycles. The Hall–Kier alpha value is -3.51. The lowest BCUT2D eigenvalue weighted by Gasteiger charge is -2.11. The number of carbonyl (C=O) groups is 2. The molecule has 0 bridgehead atoms. The van der Waals surface area contributed by atoms with Gasteiger partial charge in [-0.2, -0.15) is 0 Å². The summed E-state index contributed by atoms with van der Waals surface area (Å²) in [5.74, 6) is 0.315. The monoisotopic (exact) mass is 409 g/mol. The summed E-state index contributed by atoms with van der Waals surface area (Å²) in [7, 11) is 0. The van der Waals surface area contributed by atoms with Crippen LogP contribution in [0.15, 0.2) is 72.8 Å².